The van der Waals surface area contributed by atoms with E-state index in [9.17, 15) is 0 Å². The highest BCUT2D eigenvalue weighted by molar-refractivity contribution is 5.37. The second-order valence-corrected chi connectivity index (χ2v) is 2.43. The number of aromatic nitrogens is 3. The maximum Gasteiger partial charge on any atom is 0.160 e. The fourth-order valence-corrected chi connectivity index (χ4v) is 1.19. The Morgan fingerprint density at radius 2 is 2.36 bits per heavy atom. The molecule has 0 radical (unpaired) electrons. The van der Waals surface area contributed by atoms with E-state index in [2.05, 4.69) is 23.2 Å². The van der Waals surface area contributed by atoms with E-state index in [-0.39, 0.29) is 0 Å². The van der Waals surface area contributed by atoms with Crippen LogP contribution in [0, 0.1) is 0 Å². The van der Waals surface area contributed by atoms with Gasteiger partial charge in [-0.15, -0.1) is 10.2 Å². The molecule has 0 spiro atoms. The molecule has 0 fully saturated rings. The van der Waals surface area contributed by atoms with Gasteiger partial charge in [-0.3, -0.25) is 4.40 Å². The molecule has 0 saturated carbocycles. The van der Waals surface area contributed by atoms with Crippen LogP contribution in [0.25, 0.3) is 5.65 Å². The number of hydrogen-bond donors (Lipinski definition) is 0. The van der Waals surface area contributed by atoms with E-state index in [0.717, 1.165) is 12.1 Å². The van der Waals surface area contributed by atoms with Crippen molar-refractivity contribution in [2.75, 3.05) is 0 Å². The zero-order chi connectivity index (χ0) is 7.68. The van der Waals surface area contributed by atoms with Crippen LogP contribution in [0.1, 0.15) is 12.6 Å². The molecule has 2 aromatic heterocycles. The first-order valence-electron chi connectivity index (χ1n) is 3.69. The molecule has 2 heterocycles. The molecule has 0 aliphatic rings. The molecule has 0 aromatic carbocycles. The van der Waals surface area contributed by atoms with Crippen LogP contribution in [0.4, 0.5) is 0 Å². The quantitative estimate of drug-likeness (QED) is 0.608. The maximum atomic E-state index is 3.94. The normalized spacial score (nSPS) is 10.6. The average Bonchev–Trinajstić information content (AvgIpc) is 2.50. The summed E-state index contributed by atoms with van der Waals surface area (Å²) in [5, 5.41) is 7.76. The Morgan fingerprint density at radius 1 is 1.45 bits per heavy atom. The van der Waals surface area contributed by atoms with Crippen LogP contribution >= 0.6 is 0 Å². The number of aryl methyl sites for hydroxylation is 1. The lowest BCUT2D eigenvalue weighted by Gasteiger charge is -1.98. The Labute approximate surface area is 64.7 Å². The predicted molar refractivity (Wildman–Crippen MR) is 42.4 cm³/mol. The van der Waals surface area contributed by atoms with Crippen LogP contribution in [0.3, 0.4) is 0 Å². The van der Waals surface area contributed by atoms with Crippen LogP contribution in [-0.4, -0.2) is 14.6 Å². The third-order valence-electron chi connectivity index (χ3n) is 1.78. The Bertz CT molecular complexity index is 364. The summed E-state index contributed by atoms with van der Waals surface area (Å²) >= 11 is 0. The van der Waals surface area contributed by atoms with E-state index in [1.807, 2.05) is 16.5 Å². The maximum absolute atomic E-state index is 3.94. The van der Waals surface area contributed by atoms with Gasteiger partial charge in [0.2, 0.25) is 0 Å². The van der Waals surface area contributed by atoms with Crippen molar-refractivity contribution in [1.82, 2.24) is 14.6 Å². The summed E-state index contributed by atoms with van der Waals surface area (Å²) in [5.74, 6) is 0. The number of fused-ring (bicyclic) bond motifs is 1. The Kier molecular flexibility index (Phi) is 1.35. The first kappa shape index (κ1) is 6.34. The van der Waals surface area contributed by atoms with E-state index >= 15 is 0 Å². The molecule has 3 heteroatoms. The molecule has 0 unspecified atom stereocenters. The lowest BCUT2D eigenvalue weighted by atomic mass is 10.3. The summed E-state index contributed by atoms with van der Waals surface area (Å²) in [7, 11) is 0. The Morgan fingerprint density at radius 3 is 3.18 bits per heavy atom. The van der Waals surface area contributed by atoms with Crippen molar-refractivity contribution >= 4 is 5.65 Å². The van der Waals surface area contributed by atoms with Crippen LogP contribution < -0.4 is 0 Å². The van der Waals surface area contributed by atoms with Gasteiger partial charge in [0, 0.05) is 5.69 Å². The number of pyridine rings is 1. The summed E-state index contributed by atoms with van der Waals surface area (Å²) < 4.78 is 2.00. The van der Waals surface area contributed by atoms with Crippen LogP contribution in [0.15, 0.2) is 24.5 Å². The van der Waals surface area contributed by atoms with Gasteiger partial charge in [-0.2, -0.15) is 0 Å². The number of rotatable bonds is 1. The van der Waals surface area contributed by atoms with Gasteiger partial charge in [-0.25, -0.2) is 0 Å². The summed E-state index contributed by atoms with van der Waals surface area (Å²) in [6, 6.07) is 6.03. The molecule has 2 rings (SSSR count). The van der Waals surface area contributed by atoms with Crippen molar-refractivity contribution in [3.8, 4) is 0 Å². The summed E-state index contributed by atoms with van der Waals surface area (Å²) in [5.41, 5.74) is 2.16. The molecule has 0 amide bonds. The second kappa shape index (κ2) is 2.34. The van der Waals surface area contributed by atoms with E-state index in [4.69, 9.17) is 0 Å². The van der Waals surface area contributed by atoms with Gasteiger partial charge in [0.1, 0.15) is 6.33 Å². The molecule has 0 N–H and O–H groups in total. The Balaban J connectivity index is 2.79. The zero-order valence-corrected chi connectivity index (χ0v) is 6.36. The number of nitrogens with zero attached hydrogens (tertiary/aromatic N) is 3. The third kappa shape index (κ3) is 0.888. The van der Waals surface area contributed by atoms with Crippen molar-refractivity contribution in [1.29, 1.82) is 0 Å². The van der Waals surface area contributed by atoms with Gasteiger partial charge in [0.25, 0.3) is 0 Å². The van der Waals surface area contributed by atoms with Gasteiger partial charge in [-0.05, 0) is 18.6 Å². The fraction of sp³-hybridized carbons (Fsp3) is 0.250. The molecule has 0 aliphatic heterocycles. The van der Waals surface area contributed by atoms with E-state index in [1.54, 1.807) is 6.33 Å². The molecule has 56 valence electrons. The molecular formula is C8H9N3. The van der Waals surface area contributed by atoms with Gasteiger partial charge in [0.15, 0.2) is 5.65 Å². The summed E-state index contributed by atoms with van der Waals surface area (Å²) in [4.78, 5) is 0. The molecular weight excluding hydrogens is 138 g/mol. The highest BCUT2D eigenvalue weighted by atomic mass is 15.2. The van der Waals surface area contributed by atoms with Crippen molar-refractivity contribution in [2.24, 2.45) is 0 Å². The molecule has 3 nitrogen and oxygen atoms in total. The minimum absolute atomic E-state index is 0.921. The zero-order valence-electron chi connectivity index (χ0n) is 6.36. The fourth-order valence-electron chi connectivity index (χ4n) is 1.19. The summed E-state index contributed by atoms with van der Waals surface area (Å²) in [6.45, 7) is 2.12. The first-order chi connectivity index (χ1) is 5.42. The van der Waals surface area contributed by atoms with Crippen LogP contribution in [-0.2, 0) is 6.42 Å². The van der Waals surface area contributed by atoms with E-state index < -0.39 is 0 Å². The lowest BCUT2D eigenvalue weighted by molar-refractivity contribution is 0.972. The number of hydrogen-bond acceptors (Lipinski definition) is 2. The largest absolute Gasteiger partial charge is 0.286 e. The topological polar surface area (TPSA) is 30.2 Å². The summed E-state index contributed by atoms with van der Waals surface area (Å²) in [6.07, 6.45) is 2.75. The first-order valence-corrected chi connectivity index (χ1v) is 3.69. The standard InChI is InChI=1S/C8H9N3/c1-2-7-4-3-5-8-10-9-6-11(7)8/h3-6H,2H2,1H3. The molecule has 0 bridgehead atoms. The van der Waals surface area contributed by atoms with Crippen molar-refractivity contribution in [3.63, 3.8) is 0 Å². The average molecular weight is 147 g/mol. The van der Waals surface area contributed by atoms with Gasteiger partial charge < -0.3 is 0 Å². The van der Waals surface area contributed by atoms with E-state index in [1.165, 1.54) is 5.69 Å². The van der Waals surface area contributed by atoms with Crippen molar-refractivity contribution < 1.29 is 0 Å². The van der Waals surface area contributed by atoms with E-state index in [0.29, 0.717) is 0 Å². The van der Waals surface area contributed by atoms with Crippen LogP contribution in [0.2, 0.25) is 0 Å². The molecule has 0 aliphatic carbocycles. The molecule has 0 saturated heterocycles. The predicted octanol–water partition coefficient (Wildman–Crippen LogP) is 1.29. The second-order valence-electron chi connectivity index (χ2n) is 2.43. The van der Waals surface area contributed by atoms with Gasteiger partial charge in [-0.1, -0.05) is 13.0 Å². The van der Waals surface area contributed by atoms with Gasteiger partial charge in [0.05, 0.1) is 0 Å². The SMILES string of the molecule is CCc1cccc2nncn12. The third-order valence-corrected chi connectivity index (χ3v) is 1.78. The molecule has 11 heavy (non-hydrogen) atoms. The van der Waals surface area contributed by atoms with Crippen molar-refractivity contribution in [3.05, 3.63) is 30.2 Å². The lowest BCUT2D eigenvalue weighted by Crippen LogP contribution is -1.92. The minimum atomic E-state index is 0.921. The molecule has 0 atom stereocenters. The Hall–Kier alpha value is -1.38. The van der Waals surface area contributed by atoms with Gasteiger partial charge >= 0.3 is 0 Å². The monoisotopic (exact) mass is 147 g/mol. The highest BCUT2D eigenvalue weighted by Crippen LogP contribution is 2.03. The van der Waals surface area contributed by atoms with Crippen LogP contribution in [0.5, 0.6) is 0 Å². The minimum Gasteiger partial charge on any atom is -0.286 e. The highest BCUT2D eigenvalue weighted by Gasteiger charge is 1.96. The molecule has 2 aromatic rings. The van der Waals surface area contributed by atoms with Crippen molar-refractivity contribution in [2.45, 2.75) is 13.3 Å². The smallest absolute Gasteiger partial charge is 0.160 e.